The van der Waals surface area contributed by atoms with Gasteiger partial charge < -0.3 is 14.9 Å². The van der Waals surface area contributed by atoms with Gasteiger partial charge in [-0.2, -0.15) is 0 Å². The van der Waals surface area contributed by atoms with E-state index < -0.39 is 4.92 Å². The molecule has 5 heteroatoms. The van der Waals surface area contributed by atoms with Crippen LogP contribution in [0.15, 0.2) is 18.7 Å². The van der Waals surface area contributed by atoms with Gasteiger partial charge in [-0.15, -0.1) is 0 Å². The molecule has 0 N–H and O–H groups in total. The lowest BCUT2D eigenvalue weighted by Gasteiger charge is -2.05. The van der Waals surface area contributed by atoms with Crippen molar-refractivity contribution in [2.45, 2.75) is 20.0 Å². The van der Waals surface area contributed by atoms with Gasteiger partial charge in [-0.25, -0.2) is 0 Å². The number of nitrogens with zero attached hydrogens (tertiary/aromatic N) is 2. The van der Waals surface area contributed by atoms with Crippen LogP contribution in [0.25, 0.3) is 6.08 Å². The monoisotopic (exact) mass is 208 g/mol. The van der Waals surface area contributed by atoms with Crippen molar-refractivity contribution >= 4 is 11.9 Å². The van der Waals surface area contributed by atoms with E-state index in [9.17, 15) is 10.1 Å². The Morgan fingerprint density at radius 2 is 2.27 bits per heavy atom. The Kier molecular flexibility index (Phi) is 3.38. The smallest absolute Gasteiger partial charge is 0.374 e. The van der Waals surface area contributed by atoms with Gasteiger partial charge >= 0.3 is 11.7 Å². The first-order valence-electron chi connectivity index (χ1n) is 4.49. The molecule has 0 fully saturated rings. The van der Waals surface area contributed by atoms with Gasteiger partial charge in [-0.05, 0) is 24.8 Å². The molecule has 1 aromatic heterocycles. The highest BCUT2D eigenvalue weighted by molar-refractivity contribution is 5.56. The van der Waals surface area contributed by atoms with Gasteiger partial charge in [0, 0.05) is 11.1 Å². The van der Waals surface area contributed by atoms with E-state index >= 15 is 0 Å². The van der Waals surface area contributed by atoms with Crippen LogP contribution >= 0.6 is 0 Å². The topological polar surface area (TPSA) is 65.3 Å². The molecule has 0 atom stereocenters. The van der Waals surface area contributed by atoms with Crippen LogP contribution in [0.3, 0.4) is 0 Å². The SMILES string of the molecule is C=Cc1ccc(OC(C)C)nc1[N+](=O)[O-]. The van der Waals surface area contributed by atoms with Crippen LogP contribution in [0.5, 0.6) is 5.88 Å². The normalized spacial score (nSPS) is 10.1. The van der Waals surface area contributed by atoms with Crippen LogP contribution in [-0.2, 0) is 0 Å². The summed E-state index contributed by atoms with van der Waals surface area (Å²) >= 11 is 0. The Hall–Kier alpha value is -1.91. The molecule has 0 radical (unpaired) electrons. The van der Waals surface area contributed by atoms with Gasteiger partial charge in [0.25, 0.3) is 0 Å². The summed E-state index contributed by atoms with van der Waals surface area (Å²) in [6.45, 7) is 7.14. The minimum absolute atomic E-state index is 0.0633. The minimum atomic E-state index is -0.551. The molecule has 0 aromatic carbocycles. The van der Waals surface area contributed by atoms with Gasteiger partial charge in [0.2, 0.25) is 0 Å². The number of hydrogen-bond acceptors (Lipinski definition) is 4. The van der Waals surface area contributed by atoms with E-state index in [0.29, 0.717) is 5.56 Å². The molecule has 1 rings (SSSR count). The van der Waals surface area contributed by atoms with Crippen LogP contribution < -0.4 is 4.74 Å². The lowest BCUT2D eigenvalue weighted by molar-refractivity contribution is -0.389. The van der Waals surface area contributed by atoms with Gasteiger partial charge in [0.05, 0.1) is 11.7 Å². The van der Waals surface area contributed by atoms with Gasteiger partial charge in [0.15, 0.2) is 0 Å². The molecule has 0 saturated heterocycles. The maximum Gasteiger partial charge on any atom is 0.374 e. The van der Waals surface area contributed by atoms with Crippen LogP contribution in [0.1, 0.15) is 19.4 Å². The Bertz CT molecular complexity index is 388. The predicted octanol–water partition coefficient (Wildman–Crippen LogP) is 2.42. The third kappa shape index (κ3) is 2.77. The average Bonchev–Trinajstić information content (AvgIpc) is 2.16. The van der Waals surface area contributed by atoms with E-state index in [1.807, 2.05) is 13.8 Å². The predicted molar refractivity (Wildman–Crippen MR) is 56.7 cm³/mol. The third-order valence-electron chi connectivity index (χ3n) is 1.63. The van der Waals surface area contributed by atoms with Crippen LogP contribution in [-0.4, -0.2) is 16.0 Å². The molecule has 15 heavy (non-hydrogen) atoms. The van der Waals surface area contributed by atoms with E-state index in [-0.39, 0.29) is 17.8 Å². The number of nitro groups is 1. The highest BCUT2D eigenvalue weighted by Gasteiger charge is 2.16. The molecule has 5 nitrogen and oxygen atoms in total. The van der Waals surface area contributed by atoms with Gasteiger partial charge in [0.1, 0.15) is 0 Å². The minimum Gasteiger partial charge on any atom is -0.457 e. The highest BCUT2D eigenvalue weighted by Crippen LogP contribution is 2.21. The van der Waals surface area contributed by atoms with Crippen molar-refractivity contribution in [1.29, 1.82) is 0 Å². The zero-order chi connectivity index (χ0) is 11.4. The fourth-order valence-electron chi connectivity index (χ4n) is 1.05. The lowest BCUT2D eigenvalue weighted by atomic mass is 10.2. The molecule has 0 aliphatic rings. The zero-order valence-electron chi connectivity index (χ0n) is 8.64. The van der Waals surface area contributed by atoms with E-state index in [1.54, 1.807) is 12.1 Å². The standard InChI is InChI=1S/C10H12N2O3/c1-4-8-5-6-9(15-7(2)3)11-10(8)12(13)14/h4-7H,1H2,2-3H3. The maximum atomic E-state index is 10.7. The largest absolute Gasteiger partial charge is 0.457 e. The van der Waals surface area contributed by atoms with Crippen LogP contribution in [0.2, 0.25) is 0 Å². The van der Waals surface area contributed by atoms with Gasteiger partial charge in [-0.1, -0.05) is 12.7 Å². The molecule has 0 bridgehead atoms. The molecule has 80 valence electrons. The van der Waals surface area contributed by atoms with Crippen LogP contribution in [0.4, 0.5) is 5.82 Å². The van der Waals surface area contributed by atoms with Crippen molar-refractivity contribution in [3.8, 4) is 5.88 Å². The molecule has 1 aromatic rings. The number of ether oxygens (including phenoxy) is 1. The summed E-state index contributed by atoms with van der Waals surface area (Å²) in [5, 5.41) is 10.7. The molecular weight excluding hydrogens is 196 g/mol. The number of pyridine rings is 1. The fourth-order valence-corrected chi connectivity index (χ4v) is 1.05. The van der Waals surface area contributed by atoms with Crippen molar-refractivity contribution in [1.82, 2.24) is 4.98 Å². The van der Waals surface area contributed by atoms with Crippen molar-refractivity contribution in [2.24, 2.45) is 0 Å². The first kappa shape index (κ1) is 11.2. The molecule has 0 aliphatic carbocycles. The summed E-state index contributed by atoms with van der Waals surface area (Å²) < 4.78 is 5.25. The Balaban J connectivity index is 3.10. The molecule has 0 saturated carbocycles. The first-order valence-corrected chi connectivity index (χ1v) is 4.49. The van der Waals surface area contributed by atoms with Crippen molar-refractivity contribution in [2.75, 3.05) is 0 Å². The molecular formula is C10H12N2O3. The Morgan fingerprint density at radius 3 is 2.73 bits per heavy atom. The summed E-state index contributed by atoms with van der Waals surface area (Å²) in [4.78, 5) is 13.9. The van der Waals surface area contributed by atoms with Crippen molar-refractivity contribution in [3.05, 3.63) is 34.4 Å². The summed E-state index contributed by atoms with van der Waals surface area (Å²) in [5.41, 5.74) is 0.385. The van der Waals surface area contributed by atoms with Crippen molar-refractivity contribution < 1.29 is 9.66 Å². The second-order valence-corrected chi connectivity index (χ2v) is 3.19. The van der Waals surface area contributed by atoms with E-state index in [0.717, 1.165) is 0 Å². The number of hydrogen-bond donors (Lipinski definition) is 0. The highest BCUT2D eigenvalue weighted by atomic mass is 16.6. The zero-order valence-corrected chi connectivity index (χ0v) is 8.64. The van der Waals surface area contributed by atoms with E-state index in [2.05, 4.69) is 11.6 Å². The molecule has 1 heterocycles. The van der Waals surface area contributed by atoms with Crippen LogP contribution in [0, 0.1) is 10.1 Å². The summed E-state index contributed by atoms with van der Waals surface area (Å²) in [6, 6.07) is 3.15. The summed E-state index contributed by atoms with van der Waals surface area (Å²) in [7, 11) is 0. The number of aromatic nitrogens is 1. The Morgan fingerprint density at radius 1 is 1.60 bits per heavy atom. The Labute approximate surface area is 87.6 Å². The second-order valence-electron chi connectivity index (χ2n) is 3.19. The van der Waals surface area contributed by atoms with E-state index in [1.165, 1.54) is 6.08 Å². The maximum absolute atomic E-state index is 10.7. The quantitative estimate of drug-likeness (QED) is 0.563. The van der Waals surface area contributed by atoms with Crippen molar-refractivity contribution in [3.63, 3.8) is 0 Å². The van der Waals surface area contributed by atoms with E-state index in [4.69, 9.17) is 4.74 Å². The molecule has 0 aliphatic heterocycles. The molecule has 0 amide bonds. The van der Waals surface area contributed by atoms with Gasteiger partial charge in [-0.3, -0.25) is 0 Å². The first-order chi connectivity index (χ1) is 7.04. The number of rotatable bonds is 4. The fraction of sp³-hybridized carbons (Fsp3) is 0.300. The molecule has 0 spiro atoms. The average molecular weight is 208 g/mol. The molecule has 0 unspecified atom stereocenters. The third-order valence-corrected chi connectivity index (χ3v) is 1.63. The lowest BCUT2D eigenvalue weighted by Crippen LogP contribution is -2.08. The summed E-state index contributed by atoms with van der Waals surface area (Å²) in [5.74, 6) is 0.0189. The second kappa shape index (κ2) is 4.54. The summed E-state index contributed by atoms with van der Waals surface area (Å²) in [6.07, 6.45) is 1.33.